The van der Waals surface area contributed by atoms with E-state index in [9.17, 15) is 4.79 Å². The molecule has 1 heterocycles. The molecule has 2 N–H and O–H groups in total. The summed E-state index contributed by atoms with van der Waals surface area (Å²) in [6, 6.07) is 15.8. The number of hydrogen-bond donors (Lipinski definition) is 2. The lowest BCUT2D eigenvalue weighted by atomic mass is 10.0. The molecule has 0 saturated heterocycles. The number of pyridine rings is 1. The largest absolute Gasteiger partial charge is 0.332 e. The third-order valence-corrected chi connectivity index (χ3v) is 3.69. The molecule has 4 nitrogen and oxygen atoms in total. The van der Waals surface area contributed by atoms with E-state index in [1.165, 1.54) is 18.4 Å². The first-order valence-electron chi connectivity index (χ1n) is 7.32. The Morgan fingerprint density at radius 2 is 1.90 bits per heavy atom. The van der Waals surface area contributed by atoms with Gasteiger partial charge in [-0.3, -0.25) is 4.98 Å². The number of urea groups is 1. The number of hydrogen-bond acceptors (Lipinski definition) is 2. The van der Waals surface area contributed by atoms with Crippen LogP contribution in [0.3, 0.4) is 0 Å². The van der Waals surface area contributed by atoms with Crippen LogP contribution in [0.25, 0.3) is 0 Å². The molecular formula is C17H19N3O. The third-order valence-electron chi connectivity index (χ3n) is 3.69. The van der Waals surface area contributed by atoms with Crippen LogP contribution in [-0.2, 0) is 6.54 Å². The Morgan fingerprint density at radius 3 is 2.57 bits per heavy atom. The summed E-state index contributed by atoms with van der Waals surface area (Å²) >= 11 is 0. The minimum Gasteiger partial charge on any atom is -0.332 e. The van der Waals surface area contributed by atoms with Gasteiger partial charge in [-0.25, -0.2) is 4.79 Å². The predicted molar refractivity (Wildman–Crippen MR) is 81.5 cm³/mol. The molecule has 1 aromatic carbocycles. The van der Waals surface area contributed by atoms with Gasteiger partial charge in [0.15, 0.2) is 0 Å². The van der Waals surface area contributed by atoms with Crippen molar-refractivity contribution in [1.29, 1.82) is 0 Å². The highest BCUT2D eigenvalue weighted by molar-refractivity contribution is 5.74. The maximum Gasteiger partial charge on any atom is 0.315 e. The monoisotopic (exact) mass is 281 g/mol. The van der Waals surface area contributed by atoms with Gasteiger partial charge in [-0.1, -0.05) is 36.4 Å². The normalized spacial score (nSPS) is 15.2. The number of carbonyl (C=O) groups excluding carboxylic acids is 1. The Balaban J connectivity index is 1.57. The molecule has 0 unspecified atom stereocenters. The van der Waals surface area contributed by atoms with Crippen LogP contribution in [0.15, 0.2) is 54.7 Å². The van der Waals surface area contributed by atoms with Gasteiger partial charge in [0.25, 0.3) is 0 Å². The first-order valence-corrected chi connectivity index (χ1v) is 7.32. The van der Waals surface area contributed by atoms with Gasteiger partial charge in [0.2, 0.25) is 0 Å². The zero-order valence-corrected chi connectivity index (χ0v) is 11.8. The summed E-state index contributed by atoms with van der Waals surface area (Å²) in [5, 5.41) is 5.96. The molecule has 0 spiro atoms. The molecule has 4 heteroatoms. The van der Waals surface area contributed by atoms with Crippen molar-refractivity contribution < 1.29 is 4.79 Å². The second-order valence-electron chi connectivity index (χ2n) is 5.37. The topological polar surface area (TPSA) is 54.0 Å². The van der Waals surface area contributed by atoms with Gasteiger partial charge in [0, 0.05) is 6.20 Å². The second kappa shape index (κ2) is 6.39. The molecule has 1 saturated carbocycles. The van der Waals surface area contributed by atoms with Crippen molar-refractivity contribution in [2.45, 2.75) is 25.4 Å². The van der Waals surface area contributed by atoms with Crippen molar-refractivity contribution in [3.8, 4) is 0 Å². The van der Waals surface area contributed by atoms with Crippen LogP contribution in [0.5, 0.6) is 0 Å². The lowest BCUT2D eigenvalue weighted by molar-refractivity contribution is 0.235. The number of benzene rings is 1. The van der Waals surface area contributed by atoms with Crippen LogP contribution in [0.2, 0.25) is 0 Å². The van der Waals surface area contributed by atoms with Crippen molar-refractivity contribution in [1.82, 2.24) is 15.6 Å². The molecule has 0 bridgehead atoms. The Bertz CT molecular complexity index is 581. The van der Waals surface area contributed by atoms with E-state index < -0.39 is 0 Å². The second-order valence-corrected chi connectivity index (χ2v) is 5.37. The zero-order valence-electron chi connectivity index (χ0n) is 11.8. The standard InChI is InChI=1S/C17H19N3O/c21-17(19-12-15-8-4-5-11-18-15)20-16(14-9-10-14)13-6-2-1-3-7-13/h1-8,11,14,16H,9-10,12H2,(H2,19,20,21)/t16-/m1/s1. The maximum absolute atomic E-state index is 12.1. The predicted octanol–water partition coefficient (Wildman–Crippen LogP) is 3.03. The van der Waals surface area contributed by atoms with E-state index in [0.29, 0.717) is 12.5 Å². The molecule has 2 amide bonds. The minimum absolute atomic E-state index is 0.106. The van der Waals surface area contributed by atoms with E-state index in [0.717, 1.165) is 5.69 Å². The molecule has 1 aliphatic carbocycles. The summed E-state index contributed by atoms with van der Waals surface area (Å²) in [7, 11) is 0. The summed E-state index contributed by atoms with van der Waals surface area (Å²) in [4.78, 5) is 16.3. The van der Waals surface area contributed by atoms with Gasteiger partial charge < -0.3 is 10.6 Å². The smallest absolute Gasteiger partial charge is 0.315 e. The maximum atomic E-state index is 12.1. The quantitative estimate of drug-likeness (QED) is 0.885. The number of rotatable bonds is 5. The fourth-order valence-electron chi connectivity index (χ4n) is 2.43. The average molecular weight is 281 g/mol. The van der Waals surface area contributed by atoms with Crippen LogP contribution in [0.4, 0.5) is 4.79 Å². The lowest BCUT2D eigenvalue weighted by Gasteiger charge is -2.19. The lowest BCUT2D eigenvalue weighted by Crippen LogP contribution is -2.38. The van der Waals surface area contributed by atoms with Gasteiger partial charge in [-0.05, 0) is 36.5 Å². The van der Waals surface area contributed by atoms with Crippen molar-refractivity contribution in [2.75, 3.05) is 0 Å². The highest BCUT2D eigenvalue weighted by Crippen LogP contribution is 2.40. The number of nitrogens with one attached hydrogen (secondary N) is 2. The van der Waals surface area contributed by atoms with E-state index >= 15 is 0 Å². The Labute approximate surface area is 124 Å². The van der Waals surface area contributed by atoms with Crippen molar-refractivity contribution in [3.05, 3.63) is 66.0 Å². The van der Waals surface area contributed by atoms with Crippen LogP contribution < -0.4 is 10.6 Å². The van der Waals surface area contributed by atoms with E-state index in [-0.39, 0.29) is 12.1 Å². The molecule has 0 aliphatic heterocycles. The number of carbonyl (C=O) groups is 1. The summed E-state index contributed by atoms with van der Waals surface area (Å²) in [5.41, 5.74) is 2.03. The molecule has 0 radical (unpaired) electrons. The molecule has 2 aromatic rings. The zero-order chi connectivity index (χ0) is 14.5. The number of aromatic nitrogens is 1. The molecule has 3 rings (SSSR count). The number of amides is 2. The summed E-state index contributed by atoms with van der Waals surface area (Å²) in [5.74, 6) is 0.563. The average Bonchev–Trinajstić information content (AvgIpc) is 3.37. The first-order chi connectivity index (χ1) is 10.3. The fourth-order valence-corrected chi connectivity index (χ4v) is 2.43. The van der Waals surface area contributed by atoms with Crippen LogP contribution >= 0.6 is 0 Å². The summed E-state index contributed by atoms with van der Waals surface area (Å²) < 4.78 is 0. The van der Waals surface area contributed by atoms with Gasteiger partial charge in [0.05, 0.1) is 18.3 Å². The first kappa shape index (κ1) is 13.6. The van der Waals surface area contributed by atoms with Gasteiger partial charge in [0.1, 0.15) is 0 Å². The van der Waals surface area contributed by atoms with E-state index in [2.05, 4.69) is 27.8 Å². The highest BCUT2D eigenvalue weighted by Gasteiger charge is 2.33. The van der Waals surface area contributed by atoms with E-state index in [1.807, 2.05) is 36.4 Å². The van der Waals surface area contributed by atoms with Gasteiger partial charge in [-0.15, -0.1) is 0 Å². The van der Waals surface area contributed by atoms with Crippen LogP contribution in [0.1, 0.15) is 30.1 Å². The molecular weight excluding hydrogens is 262 g/mol. The fraction of sp³-hybridized carbons (Fsp3) is 0.294. The molecule has 1 fully saturated rings. The summed E-state index contributed by atoms with van der Waals surface area (Å²) in [6.07, 6.45) is 4.09. The molecule has 21 heavy (non-hydrogen) atoms. The number of nitrogens with zero attached hydrogens (tertiary/aromatic N) is 1. The molecule has 1 aliphatic rings. The third kappa shape index (κ3) is 3.81. The Morgan fingerprint density at radius 1 is 1.14 bits per heavy atom. The van der Waals surface area contributed by atoms with Crippen molar-refractivity contribution in [2.24, 2.45) is 5.92 Å². The molecule has 1 atom stereocenters. The minimum atomic E-state index is -0.138. The molecule has 108 valence electrons. The summed E-state index contributed by atoms with van der Waals surface area (Å²) in [6.45, 7) is 0.443. The van der Waals surface area contributed by atoms with Gasteiger partial charge in [-0.2, -0.15) is 0 Å². The Kier molecular flexibility index (Phi) is 4.15. The SMILES string of the molecule is O=C(NCc1ccccn1)N[C@H](c1ccccc1)C1CC1. The highest BCUT2D eigenvalue weighted by atomic mass is 16.2. The van der Waals surface area contributed by atoms with Crippen LogP contribution in [-0.4, -0.2) is 11.0 Å². The van der Waals surface area contributed by atoms with Gasteiger partial charge >= 0.3 is 6.03 Å². The Hall–Kier alpha value is -2.36. The van der Waals surface area contributed by atoms with Crippen molar-refractivity contribution >= 4 is 6.03 Å². The van der Waals surface area contributed by atoms with E-state index in [4.69, 9.17) is 0 Å². The van der Waals surface area contributed by atoms with E-state index in [1.54, 1.807) is 6.20 Å². The van der Waals surface area contributed by atoms with Crippen LogP contribution in [0, 0.1) is 5.92 Å². The van der Waals surface area contributed by atoms with Crippen molar-refractivity contribution in [3.63, 3.8) is 0 Å². The molecule has 1 aromatic heterocycles.